The van der Waals surface area contributed by atoms with Crippen molar-refractivity contribution < 1.29 is 19.4 Å². The van der Waals surface area contributed by atoms with Gasteiger partial charge in [-0.2, -0.15) is 0 Å². The van der Waals surface area contributed by atoms with Crippen LogP contribution in [0.25, 0.3) is 0 Å². The summed E-state index contributed by atoms with van der Waals surface area (Å²) in [5, 5.41) is 8.83. The molecule has 0 radical (unpaired) electrons. The van der Waals surface area contributed by atoms with Crippen molar-refractivity contribution in [3.63, 3.8) is 0 Å². The number of hydrogen-bond donors (Lipinski definition) is 1. The van der Waals surface area contributed by atoms with Gasteiger partial charge in [0.1, 0.15) is 0 Å². The summed E-state index contributed by atoms with van der Waals surface area (Å²) in [4.78, 5) is 24.9. The van der Waals surface area contributed by atoms with Crippen molar-refractivity contribution in [3.05, 3.63) is 35.4 Å². The zero-order valence-electron chi connectivity index (χ0n) is 13.1. The first-order chi connectivity index (χ1) is 10.5. The summed E-state index contributed by atoms with van der Waals surface area (Å²) in [6, 6.07) is 8.08. The molecule has 1 saturated heterocycles. The van der Waals surface area contributed by atoms with Crippen LogP contribution in [0.3, 0.4) is 0 Å². The molecule has 0 aromatic heterocycles. The van der Waals surface area contributed by atoms with Crippen LogP contribution in [0.1, 0.15) is 36.8 Å². The normalized spacial score (nSPS) is 19.7. The predicted molar refractivity (Wildman–Crippen MR) is 82.8 cm³/mol. The van der Waals surface area contributed by atoms with Gasteiger partial charge in [0.25, 0.3) is 0 Å². The van der Waals surface area contributed by atoms with E-state index in [1.54, 1.807) is 4.90 Å². The lowest BCUT2D eigenvalue weighted by Crippen LogP contribution is -2.46. The highest BCUT2D eigenvalue weighted by atomic mass is 16.5. The van der Waals surface area contributed by atoms with Crippen LogP contribution in [-0.2, 0) is 14.3 Å². The third kappa shape index (κ3) is 4.31. The van der Waals surface area contributed by atoms with Gasteiger partial charge in [0.2, 0.25) is 5.91 Å². The lowest BCUT2D eigenvalue weighted by molar-refractivity contribution is -0.147. The number of hydrogen-bond acceptors (Lipinski definition) is 3. The zero-order valence-corrected chi connectivity index (χ0v) is 13.1. The smallest absolute Gasteiger partial charge is 0.306 e. The number of carboxylic acids is 1. The van der Waals surface area contributed by atoms with Gasteiger partial charge in [-0.05, 0) is 24.0 Å². The fourth-order valence-electron chi connectivity index (χ4n) is 2.90. The number of carbonyl (C=O) groups is 2. The summed E-state index contributed by atoms with van der Waals surface area (Å²) in [6.45, 7) is 5.41. The first kappa shape index (κ1) is 16.5. The Morgan fingerprint density at radius 1 is 1.41 bits per heavy atom. The Morgan fingerprint density at radius 2 is 2.14 bits per heavy atom. The molecule has 5 heteroatoms. The fraction of sp³-hybridized carbons (Fsp3) is 0.529. The van der Waals surface area contributed by atoms with Crippen LogP contribution < -0.4 is 0 Å². The molecule has 1 fully saturated rings. The largest absolute Gasteiger partial charge is 0.481 e. The lowest BCUT2D eigenvalue weighted by Gasteiger charge is -2.33. The van der Waals surface area contributed by atoms with Crippen LogP contribution >= 0.6 is 0 Å². The number of ether oxygens (including phenoxy) is 1. The maximum Gasteiger partial charge on any atom is 0.306 e. The summed E-state index contributed by atoms with van der Waals surface area (Å²) in [5.41, 5.74) is 2.37. The van der Waals surface area contributed by atoms with Crippen LogP contribution in [-0.4, -0.2) is 47.7 Å². The topological polar surface area (TPSA) is 66.8 Å². The molecule has 22 heavy (non-hydrogen) atoms. The number of amides is 1. The third-order valence-electron chi connectivity index (χ3n) is 4.09. The van der Waals surface area contributed by atoms with Gasteiger partial charge in [-0.3, -0.25) is 9.59 Å². The Morgan fingerprint density at radius 3 is 2.82 bits per heavy atom. The zero-order chi connectivity index (χ0) is 16.1. The van der Waals surface area contributed by atoms with Crippen molar-refractivity contribution in [3.8, 4) is 0 Å². The summed E-state index contributed by atoms with van der Waals surface area (Å²) < 4.78 is 5.40. The minimum atomic E-state index is -0.896. The van der Waals surface area contributed by atoms with E-state index in [4.69, 9.17) is 9.84 Å². The average molecular weight is 305 g/mol. The van der Waals surface area contributed by atoms with Crippen LogP contribution in [0.4, 0.5) is 0 Å². The van der Waals surface area contributed by atoms with Gasteiger partial charge < -0.3 is 14.7 Å². The minimum Gasteiger partial charge on any atom is -0.481 e. The molecule has 1 amide bonds. The highest BCUT2D eigenvalue weighted by Gasteiger charge is 2.27. The predicted octanol–water partition coefficient (Wildman–Crippen LogP) is 2.19. The van der Waals surface area contributed by atoms with E-state index in [2.05, 4.69) is 13.0 Å². The van der Waals surface area contributed by atoms with Crippen LogP contribution in [0.5, 0.6) is 0 Å². The van der Waals surface area contributed by atoms with Crippen molar-refractivity contribution in [2.75, 3.05) is 19.7 Å². The Hall–Kier alpha value is -1.88. The number of morpholine rings is 1. The molecule has 1 aliphatic rings. The summed E-state index contributed by atoms with van der Waals surface area (Å²) in [5.74, 6) is -0.684. The molecule has 2 atom stereocenters. The highest BCUT2D eigenvalue weighted by Crippen LogP contribution is 2.23. The maximum atomic E-state index is 12.4. The summed E-state index contributed by atoms with van der Waals surface area (Å²) in [6.07, 6.45) is -0.0223. The number of aryl methyl sites for hydroxylation is 1. The second-order valence-corrected chi connectivity index (χ2v) is 5.89. The van der Waals surface area contributed by atoms with E-state index < -0.39 is 12.1 Å². The van der Waals surface area contributed by atoms with Gasteiger partial charge in [-0.1, -0.05) is 31.2 Å². The van der Waals surface area contributed by atoms with Crippen molar-refractivity contribution >= 4 is 11.9 Å². The van der Waals surface area contributed by atoms with Crippen LogP contribution in [0.15, 0.2) is 24.3 Å². The first-order valence-electron chi connectivity index (χ1n) is 7.64. The second kappa shape index (κ2) is 7.40. The lowest BCUT2D eigenvalue weighted by atomic mass is 9.93. The summed E-state index contributed by atoms with van der Waals surface area (Å²) >= 11 is 0. The Bertz CT molecular complexity index is 543. The molecule has 120 valence electrons. The maximum absolute atomic E-state index is 12.4. The minimum absolute atomic E-state index is 0.0584. The van der Waals surface area contributed by atoms with E-state index in [0.717, 1.165) is 0 Å². The van der Waals surface area contributed by atoms with E-state index in [-0.39, 0.29) is 18.2 Å². The monoisotopic (exact) mass is 305 g/mol. The number of benzene rings is 1. The van der Waals surface area contributed by atoms with Crippen molar-refractivity contribution in [1.82, 2.24) is 4.90 Å². The van der Waals surface area contributed by atoms with Gasteiger partial charge >= 0.3 is 5.97 Å². The van der Waals surface area contributed by atoms with E-state index in [0.29, 0.717) is 26.1 Å². The molecule has 1 heterocycles. The van der Waals surface area contributed by atoms with Crippen molar-refractivity contribution in [1.29, 1.82) is 0 Å². The third-order valence-corrected chi connectivity index (χ3v) is 4.09. The van der Waals surface area contributed by atoms with Gasteiger partial charge in [0.15, 0.2) is 0 Å². The average Bonchev–Trinajstić information content (AvgIpc) is 2.47. The highest BCUT2D eigenvalue weighted by molar-refractivity contribution is 5.77. The molecule has 0 aliphatic carbocycles. The number of carboxylic acid groups (broad SMARTS) is 1. The molecule has 1 aromatic rings. The molecule has 0 unspecified atom stereocenters. The Balaban J connectivity index is 1.94. The molecule has 1 N–H and O–H groups in total. The van der Waals surface area contributed by atoms with Crippen LogP contribution in [0, 0.1) is 6.92 Å². The number of nitrogens with zero attached hydrogens (tertiary/aromatic N) is 1. The molecule has 1 aromatic carbocycles. The SMILES string of the molecule is Cc1ccccc1[C@H](C)CC(=O)N1CCO[C@H](CC(=O)O)C1. The molecule has 0 bridgehead atoms. The van der Waals surface area contributed by atoms with E-state index >= 15 is 0 Å². The van der Waals surface area contributed by atoms with Gasteiger partial charge in [0.05, 0.1) is 19.1 Å². The molecule has 1 aliphatic heterocycles. The fourth-order valence-corrected chi connectivity index (χ4v) is 2.90. The van der Waals surface area contributed by atoms with Gasteiger partial charge in [-0.15, -0.1) is 0 Å². The Labute approximate surface area is 130 Å². The second-order valence-electron chi connectivity index (χ2n) is 5.89. The quantitative estimate of drug-likeness (QED) is 0.905. The first-order valence-corrected chi connectivity index (χ1v) is 7.64. The number of carbonyl (C=O) groups excluding carboxylic acids is 1. The van der Waals surface area contributed by atoms with Crippen LogP contribution in [0.2, 0.25) is 0 Å². The van der Waals surface area contributed by atoms with E-state index in [9.17, 15) is 9.59 Å². The molecule has 5 nitrogen and oxygen atoms in total. The van der Waals surface area contributed by atoms with E-state index in [1.807, 2.05) is 25.1 Å². The van der Waals surface area contributed by atoms with Crippen molar-refractivity contribution in [2.24, 2.45) is 0 Å². The van der Waals surface area contributed by atoms with Gasteiger partial charge in [-0.25, -0.2) is 0 Å². The molecule has 2 rings (SSSR count). The molecule has 0 saturated carbocycles. The molecular formula is C17H23NO4. The Kier molecular flexibility index (Phi) is 5.55. The molecule has 0 spiro atoms. The standard InChI is InChI=1S/C17H23NO4/c1-12-5-3-4-6-15(12)13(2)9-16(19)18-7-8-22-14(11-18)10-17(20)21/h3-6,13-14H,7-11H2,1-2H3,(H,20,21)/t13-,14-/m1/s1. The number of rotatable bonds is 5. The van der Waals surface area contributed by atoms with E-state index in [1.165, 1.54) is 11.1 Å². The summed E-state index contributed by atoms with van der Waals surface area (Å²) in [7, 11) is 0. The molecular weight excluding hydrogens is 282 g/mol. The number of aliphatic carboxylic acids is 1. The van der Waals surface area contributed by atoms with Gasteiger partial charge in [0, 0.05) is 19.5 Å². The van der Waals surface area contributed by atoms with Crippen molar-refractivity contribution in [2.45, 2.75) is 38.7 Å².